The molecule has 0 aliphatic carbocycles. The van der Waals surface area contributed by atoms with Crippen molar-refractivity contribution in [2.45, 2.75) is 19.4 Å². The second-order valence-corrected chi connectivity index (χ2v) is 3.81. The molecule has 1 rings (SSSR count). The molecule has 0 amide bonds. The van der Waals surface area contributed by atoms with Gasteiger partial charge in [-0.3, -0.25) is 0 Å². The van der Waals surface area contributed by atoms with E-state index in [9.17, 15) is 9.50 Å². The van der Waals surface area contributed by atoms with E-state index in [1.807, 2.05) is 6.92 Å². The Bertz CT molecular complexity index is 344. The quantitative estimate of drug-likeness (QED) is 0.834. The van der Waals surface area contributed by atoms with Crippen LogP contribution >= 0.6 is 11.6 Å². The highest BCUT2D eigenvalue weighted by Crippen LogP contribution is 2.24. The number of aryl methyl sites for hydroxylation is 1. The average molecular weight is 232 g/mol. The number of benzene rings is 1. The predicted octanol–water partition coefficient (Wildman–Crippen LogP) is 2.29. The number of likely N-dealkylation sites (N-methyl/N-ethyl adjacent to an activating group) is 1. The van der Waals surface area contributed by atoms with E-state index < -0.39 is 6.10 Å². The molecule has 4 heteroatoms. The first kappa shape index (κ1) is 12.4. The van der Waals surface area contributed by atoms with Crippen molar-refractivity contribution in [2.24, 2.45) is 0 Å². The van der Waals surface area contributed by atoms with Crippen LogP contribution in [0.2, 0.25) is 5.02 Å². The summed E-state index contributed by atoms with van der Waals surface area (Å²) in [5.41, 5.74) is 1.18. The lowest BCUT2D eigenvalue weighted by atomic mass is 10.0. The summed E-state index contributed by atoms with van der Waals surface area (Å²) in [6.45, 7) is 2.27. The van der Waals surface area contributed by atoms with E-state index in [2.05, 4.69) is 5.32 Å². The van der Waals surface area contributed by atoms with Crippen molar-refractivity contribution in [1.82, 2.24) is 5.32 Å². The van der Waals surface area contributed by atoms with Gasteiger partial charge in [-0.05, 0) is 30.7 Å². The van der Waals surface area contributed by atoms with Crippen LogP contribution in [-0.2, 0) is 6.42 Å². The monoisotopic (exact) mass is 231 g/mol. The van der Waals surface area contributed by atoms with Gasteiger partial charge in [-0.2, -0.15) is 0 Å². The Labute approximate surface area is 94.1 Å². The molecule has 2 nitrogen and oxygen atoms in total. The molecule has 1 unspecified atom stereocenters. The van der Waals surface area contributed by atoms with Crippen LogP contribution in [0, 0.1) is 5.82 Å². The standard InChI is InChI=1S/C11H15ClFNO/c1-3-7-4-8(10(15)6-14-2)5-9(12)11(7)13/h4-5,10,14-15H,3,6H2,1-2H3. The number of halogens is 2. The average Bonchev–Trinajstić information content (AvgIpc) is 2.22. The van der Waals surface area contributed by atoms with E-state index in [1.165, 1.54) is 6.07 Å². The van der Waals surface area contributed by atoms with Crippen LogP contribution in [0.4, 0.5) is 4.39 Å². The van der Waals surface area contributed by atoms with E-state index >= 15 is 0 Å². The van der Waals surface area contributed by atoms with Gasteiger partial charge in [-0.1, -0.05) is 24.6 Å². The summed E-state index contributed by atoms with van der Waals surface area (Å²) in [7, 11) is 1.75. The molecule has 0 heterocycles. The summed E-state index contributed by atoms with van der Waals surface area (Å²) in [5.74, 6) is -0.389. The van der Waals surface area contributed by atoms with Crippen LogP contribution in [0.25, 0.3) is 0 Å². The lowest BCUT2D eigenvalue weighted by molar-refractivity contribution is 0.177. The molecule has 15 heavy (non-hydrogen) atoms. The molecule has 0 aliphatic heterocycles. The molecule has 84 valence electrons. The van der Waals surface area contributed by atoms with Crippen LogP contribution in [0.3, 0.4) is 0 Å². The van der Waals surface area contributed by atoms with Crippen LogP contribution < -0.4 is 5.32 Å². The van der Waals surface area contributed by atoms with Gasteiger partial charge in [0, 0.05) is 6.54 Å². The number of hydrogen-bond donors (Lipinski definition) is 2. The molecule has 0 saturated carbocycles. The van der Waals surface area contributed by atoms with Crippen molar-refractivity contribution >= 4 is 11.6 Å². The third-order valence-electron chi connectivity index (χ3n) is 2.29. The maximum Gasteiger partial charge on any atom is 0.144 e. The van der Waals surface area contributed by atoms with Gasteiger partial charge < -0.3 is 10.4 Å². The number of aliphatic hydroxyl groups excluding tert-OH is 1. The van der Waals surface area contributed by atoms with E-state index in [1.54, 1.807) is 13.1 Å². The zero-order valence-corrected chi connectivity index (χ0v) is 9.61. The van der Waals surface area contributed by atoms with Gasteiger partial charge in [0.05, 0.1) is 11.1 Å². The lowest BCUT2D eigenvalue weighted by Crippen LogP contribution is -2.17. The second kappa shape index (κ2) is 5.45. The molecular weight excluding hydrogens is 217 g/mol. The Morgan fingerprint density at radius 1 is 1.53 bits per heavy atom. The molecule has 0 bridgehead atoms. The highest BCUT2D eigenvalue weighted by Gasteiger charge is 2.12. The maximum atomic E-state index is 13.4. The molecule has 0 fully saturated rings. The van der Waals surface area contributed by atoms with Crippen molar-refractivity contribution in [3.63, 3.8) is 0 Å². The van der Waals surface area contributed by atoms with Gasteiger partial charge >= 0.3 is 0 Å². The fourth-order valence-corrected chi connectivity index (χ4v) is 1.68. The van der Waals surface area contributed by atoms with Gasteiger partial charge in [-0.25, -0.2) is 4.39 Å². The summed E-state index contributed by atoms with van der Waals surface area (Å²) in [5, 5.41) is 12.6. The minimum atomic E-state index is -0.654. The topological polar surface area (TPSA) is 32.3 Å². The molecule has 0 saturated heterocycles. The van der Waals surface area contributed by atoms with Crippen LogP contribution in [0.15, 0.2) is 12.1 Å². The number of nitrogens with one attached hydrogen (secondary N) is 1. The van der Waals surface area contributed by atoms with Crippen molar-refractivity contribution in [3.8, 4) is 0 Å². The lowest BCUT2D eigenvalue weighted by Gasteiger charge is -2.13. The minimum absolute atomic E-state index is 0.0690. The minimum Gasteiger partial charge on any atom is -0.387 e. The Hall–Kier alpha value is -0.640. The van der Waals surface area contributed by atoms with Crippen molar-refractivity contribution in [2.75, 3.05) is 13.6 Å². The molecule has 1 aromatic rings. The Balaban J connectivity index is 3.05. The third-order valence-corrected chi connectivity index (χ3v) is 2.56. The maximum absolute atomic E-state index is 13.4. The predicted molar refractivity (Wildman–Crippen MR) is 59.7 cm³/mol. The Kier molecular flexibility index (Phi) is 4.51. The summed E-state index contributed by atoms with van der Waals surface area (Å²) < 4.78 is 13.4. The van der Waals surface area contributed by atoms with Gasteiger partial charge in [0.2, 0.25) is 0 Å². The van der Waals surface area contributed by atoms with Crippen molar-refractivity contribution in [3.05, 3.63) is 34.1 Å². The Morgan fingerprint density at radius 3 is 2.73 bits per heavy atom. The summed E-state index contributed by atoms with van der Waals surface area (Å²) in [4.78, 5) is 0. The van der Waals surface area contributed by atoms with Crippen molar-refractivity contribution in [1.29, 1.82) is 0 Å². The zero-order chi connectivity index (χ0) is 11.4. The highest BCUT2D eigenvalue weighted by molar-refractivity contribution is 6.30. The Morgan fingerprint density at radius 2 is 2.20 bits per heavy atom. The van der Waals surface area contributed by atoms with Crippen molar-refractivity contribution < 1.29 is 9.50 Å². The normalized spacial score (nSPS) is 12.9. The second-order valence-electron chi connectivity index (χ2n) is 3.40. The number of rotatable bonds is 4. The molecule has 0 spiro atoms. The first-order valence-corrected chi connectivity index (χ1v) is 5.28. The first-order chi connectivity index (χ1) is 7.10. The molecule has 0 aliphatic rings. The van der Waals surface area contributed by atoms with Crippen LogP contribution in [-0.4, -0.2) is 18.7 Å². The number of hydrogen-bond acceptors (Lipinski definition) is 2. The van der Waals surface area contributed by atoms with Crippen LogP contribution in [0.1, 0.15) is 24.2 Å². The third kappa shape index (κ3) is 2.91. The van der Waals surface area contributed by atoms with Gasteiger partial charge in [-0.15, -0.1) is 0 Å². The highest BCUT2D eigenvalue weighted by atomic mass is 35.5. The molecular formula is C11H15ClFNO. The molecule has 0 aromatic heterocycles. The van der Waals surface area contributed by atoms with Gasteiger partial charge in [0.1, 0.15) is 5.82 Å². The molecule has 0 radical (unpaired) electrons. The van der Waals surface area contributed by atoms with E-state index in [-0.39, 0.29) is 10.8 Å². The fourth-order valence-electron chi connectivity index (χ4n) is 1.43. The van der Waals surface area contributed by atoms with E-state index in [0.29, 0.717) is 24.1 Å². The summed E-state index contributed by atoms with van der Waals surface area (Å²) in [6, 6.07) is 3.13. The summed E-state index contributed by atoms with van der Waals surface area (Å²) in [6.07, 6.45) is -0.0931. The van der Waals surface area contributed by atoms with E-state index in [0.717, 1.165) is 0 Å². The first-order valence-electron chi connectivity index (χ1n) is 4.90. The molecule has 1 atom stereocenters. The van der Waals surface area contributed by atoms with E-state index in [4.69, 9.17) is 11.6 Å². The van der Waals surface area contributed by atoms with Gasteiger partial charge in [0.15, 0.2) is 0 Å². The van der Waals surface area contributed by atoms with Crippen LogP contribution in [0.5, 0.6) is 0 Å². The zero-order valence-electron chi connectivity index (χ0n) is 8.85. The summed E-state index contributed by atoms with van der Waals surface area (Å²) >= 11 is 5.74. The number of aliphatic hydroxyl groups is 1. The van der Waals surface area contributed by atoms with Gasteiger partial charge in [0.25, 0.3) is 0 Å². The largest absolute Gasteiger partial charge is 0.387 e. The SMILES string of the molecule is CCc1cc(C(O)CNC)cc(Cl)c1F. The smallest absolute Gasteiger partial charge is 0.144 e. The molecule has 2 N–H and O–H groups in total. The fraction of sp³-hybridized carbons (Fsp3) is 0.455. The molecule has 1 aromatic carbocycles.